The molecule has 3 heterocycles. The zero-order valence-electron chi connectivity index (χ0n) is 16.2. The fraction of sp³-hybridized carbons (Fsp3) is 0.318. The molecule has 0 saturated carbocycles. The molecule has 7 heteroatoms. The van der Waals surface area contributed by atoms with Crippen molar-refractivity contribution in [2.75, 3.05) is 31.2 Å². The maximum absolute atomic E-state index is 12.3. The third-order valence-electron chi connectivity index (χ3n) is 4.83. The van der Waals surface area contributed by atoms with Gasteiger partial charge in [0.25, 0.3) is 0 Å². The van der Waals surface area contributed by atoms with E-state index in [2.05, 4.69) is 20.2 Å². The third-order valence-corrected chi connectivity index (χ3v) is 4.83. The number of ether oxygens (including phenoxy) is 1. The van der Waals surface area contributed by atoms with Crippen molar-refractivity contribution in [1.29, 1.82) is 0 Å². The molecule has 7 nitrogen and oxygen atoms in total. The van der Waals surface area contributed by atoms with Crippen molar-refractivity contribution in [1.82, 2.24) is 15.3 Å². The van der Waals surface area contributed by atoms with Crippen LogP contribution in [0.25, 0.3) is 11.3 Å². The van der Waals surface area contributed by atoms with E-state index in [4.69, 9.17) is 9.15 Å². The van der Waals surface area contributed by atoms with Gasteiger partial charge in [-0.3, -0.25) is 4.79 Å². The van der Waals surface area contributed by atoms with Crippen LogP contribution in [0.5, 0.6) is 0 Å². The normalized spacial score (nSPS) is 14.0. The van der Waals surface area contributed by atoms with E-state index in [1.54, 1.807) is 12.4 Å². The Morgan fingerprint density at radius 3 is 2.72 bits per heavy atom. The van der Waals surface area contributed by atoms with Gasteiger partial charge in [-0.05, 0) is 6.07 Å². The monoisotopic (exact) mass is 392 g/mol. The van der Waals surface area contributed by atoms with Crippen molar-refractivity contribution in [2.24, 2.45) is 0 Å². The lowest BCUT2D eigenvalue weighted by atomic mass is 10.2. The second kappa shape index (κ2) is 9.34. The molecule has 1 aromatic carbocycles. The predicted octanol–water partition coefficient (Wildman–Crippen LogP) is 2.82. The fourth-order valence-corrected chi connectivity index (χ4v) is 3.29. The van der Waals surface area contributed by atoms with Crippen LogP contribution in [0.15, 0.2) is 59.3 Å². The summed E-state index contributed by atoms with van der Waals surface area (Å²) in [6.45, 7) is 3.46. The molecule has 0 spiro atoms. The molecular formula is C22H24N4O3. The molecule has 0 aliphatic carbocycles. The van der Waals surface area contributed by atoms with Crippen LogP contribution in [0.4, 0.5) is 5.82 Å². The average molecular weight is 392 g/mol. The second-order valence-electron chi connectivity index (χ2n) is 6.85. The molecule has 1 aliphatic rings. The number of carbonyl (C=O) groups is 1. The first-order valence-electron chi connectivity index (χ1n) is 9.83. The summed E-state index contributed by atoms with van der Waals surface area (Å²) < 4.78 is 11.2. The van der Waals surface area contributed by atoms with Crippen molar-refractivity contribution in [3.05, 3.63) is 66.3 Å². The molecule has 0 bridgehead atoms. The highest BCUT2D eigenvalue weighted by Gasteiger charge is 2.16. The molecule has 1 fully saturated rings. The Morgan fingerprint density at radius 2 is 1.90 bits per heavy atom. The minimum absolute atomic E-state index is 0.0405. The van der Waals surface area contributed by atoms with Gasteiger partial charge in [0.1, 0.15) is 5.82 Å². The van der Waals surface area contributed by atoms with Crippen LogP contribution in [-0.2, 0) is 22.5 Å². The zero-order valence-corrected chi connectivity index (χ0v) is 16.2. The van der Waals surface area contributed by atoms with Gasteiger partial charge in [0.15, 0.2) is 11.7 Å². The molecule has 3 aromatic rings. The maximum atomic E-state index is 12.3. The summed E-state index contributed by atoms with van der Waals surface area (Å²) in [5, 5.41) is 2.98. The van der Waals surface area contributed by atoms with E-state index in [1.165, 1.54) is 0 Å². The zero-order chi connectivity index (χ0) is 19.9. The lowest BCUT2D eigenvalue weighted by Gasteiger charge is -2.29. The number of aryl methyl sites for hydroxylation is 1. The Balaban J connectivity index is 1.29. The van der Waals surface area contributed by atoms with E-state index in [0.717, 1.165) is 30.0 Å². The molecule has 150 valence electrons. The Kier molecular flexibility index (Phi) is 6.16. The minimum atomic E-state index is -0.0405. The number of aromatic nitrogens is 2. The first-order chi connectivity index (χ1) is 14.3. The van der Waals surface area contributed by atoms with Crippen LogP contribution < -0.4 is 10.2 Å². The van der Waals surface area contributed by atoms with E-state index in [1.807, 2.05) is 42.5 Å². The van der Waals surface area contributed by atoms with Gasteiger partial charge in [-0.2, -0.15) is 0 Å². The smallest absolute Gasteiger partial charge is 0.220 e. The van der Waals surface area contributed by atoms with Gasteiger partial charge >= 0.3 is 0 Å². The number of nitrogens with one attached hydrogen (secondary N) is 1. The predicted molar refractivity (Wildman–Crippen MR) is 109 cm³/mol. The first kappa shape index (κ1) is 19.1. The lowest BCUT2D eigenvalue weighted by molar-refractivity contribution is -0.121. The Hall–Kier alpha value is -3.19. The van der Waals surface area contributed by atoms with Crippen molar-refractivity contribution in [3.63, 3.8) is 0 Å². The van der Waals surface area contributed by atoms with Crippen LogP contribution in [0.3, 0.4) is 0 Å². The van der Waals surface area contributed by atoms with Crippen LogP contribution in [-0.4, -0.2) is 42.2 Å². The number of rotatable bonds is 7. The third kappa shape index (κ3) is 5.00. The molecular weight excluding hydrogens is 368 g/mol. The summed E-state index contributed by atoms with van der Waals surface area (Å²) in [4.78, 5) is 23.3. The van der Waals surface area contributed by atoms with Crippen molar-refractivity contribution in [3.8, 4) is 11.3 Å². The number of carbonyl (C=O) groups excluding carboxylic acids is 1. The molecule has 29 heavy (non-hydrogen) atoms. The summed E-state index contributed by atoms with van der Waals surface area (Å²) in [6.07, 6.45) is 4.26. The standard InChI is InChI=1S/C22H24N4O3/c27-20(8-9-21-25-16-19(29-21)17-5-2-1-3-6-17)24-15-18-7-4-10-23-22(18)26-11-13-28-14-12-26/h1-7,10,16H,8-9,11-15H2,(H,24,27). The number of hydrogen-bond donors (Lipinski definition) is 1. The molecule has 1 aliphatic heterocycles. The number of nitrogens with zero attached hydrogens (tertiary/aromatic N) is 3. The first-order valence-corrected chi connectivity index (χ1v) is 9.83. The molecule has 1 N–H and O–H groups in total. The van der Waals surface area contributed by atoms with Gasteiger partial charge < -0.3 is 19.4 Å². The number of morpholine rings is 1. The van der Waals surface area contributed by atoms with Gasteiger partial charge in [0.05, 0.1) is 19.4 Å². The Labute approximate surface area is 169 Å². The molecule has 0 unspecified atom stereocenters. The summed E-state index contributed by atoms with van der Waals surface area (Å²) >= 11 is 0. The molecule has 2 aromatic heterocycles. The van der Waals surface area contributed by atoms with E-state index in [0.29, 0.717) is 44.3 Å². The van der Waals surface area contributed by atoms with E-state index < -0.39 is 0 Å². The van der Waals surface area contributed by atoms with Crippen molar-refractivity contribution >= 4 is 11.7 Å². The Bertz CT molecular complexity index is 936. The summed E-state index contributed by atoms with van der Waals surface area (Å²) in [7, 11) is 0. The van der Waals surface area contributed by atoms with Gasteiger partial charge in [-0.1, -0.05) is 36.4 Å². The van der Waals surface area contributed by atoms with E-state index >= 15 is 0 Å². The largest absolute Gasteiger partial charge is 0.441 e. The van der Waals surface area contributed by atoms with Crippen molar-refractivity contribution < 1.29 is 13.9 Å². The van der Waals surface area contributed by atoms with Gasteiger partial charge in [-0.25, -0.2) is 9.97 Å². The average Bonchev–Trinajstić information content (AvgIpc) is 3.27. The molecule has 1 saturated heterocycles. The topological polar surface area (TPSA) is 80.5 Å². The molecule has 1 amide bonds. The molecule has 4 rings (SSSR count). The minimum Gasteiger partial charge on any atom is -0.441 e. The lowest BCUT2D eigenvalue weighted by Crippen LogP contribution is -2.37. The summed E-state index contributed by atoms with van der Waals surface area (Å²) in [5.74, 6) is 2.15. The maximum Gasteiger partial charge on any atom is 0.220 e. The van der Waals surface area contributed by atoms with Gasteiger partial charge in [0, 0.05) is 49.8 Å². The quantitative estimate of drug-likeness (QED) is 0.666. The molecule has 0 radical (unpaired) electrons. The fourth-order valence-electron chi connectivity index (χ4n) is 3.29. The van der Waals surface area contributed by atoms with E-state index in [9.17, 15) is 4.79 Å². The summed E-state index contributed by atoms with van der Waals surface area (Å²) in [5.41, 5.74) is 1.98. The second-order valence-corrected chi connectivity index (χ2v) is 6.85. The number of pyridine rings is 1. The highest BCUT2D eigenvalue weighted by Crippen LogP contribution is 2.21. The van der Waals surface area contributed by atoms with E-state index in [-0.39, 0.29) is 5.91 Å². The highest BCUT2D eigenvalue weighted by atomic mass is 16.5. The van der Waals surface area contributed by atoms with Gasteiger partial charge in [-0.15, -0.1) is 0 Å². The Morgan fingerprint density at radius 1 is 1.07 bits per heavy atom. The van der Waals surface area contributed by atoms with Crippen LogP contribution in [0.1, 0.15) is 17.9 Å². The van der Waals surface area contributed by atoms with Crippen LogP contribution >= 0.6 is 0 Å². The van der Waals surface area contributed by atoms with Gasteiger partial charge in [0.2, 0.25) is 5.91 Å². The number of benzene rings is 1. The van der Waals surface area contributed by atoms with Crippen LogP contribution in [0, 0.1) is 0 Å². The molecule has 0 atom stereocenters. The highest BCUT2D eigenvalue weighted by molar-refractivity contribution is 5.76. The summed E-state index contributed by atoms with van der Waals surface area (Å²) in [6, 6.07) is 13.7. The SMILES string of the molecule is O=C(CCc1ncc(-c2ccccc2)o1)NCc1cccnc1N1CCOCC1. The number of anilines is 1. The number of hydrogen-bond acceptors (Lipinski definition) is 6. The number of amides is 1. The van der Waals surface area contributed by atoms with Crippen LogP contribution in [0.2, 0.25) is 0 Å². The number of oxazole rings is 1. The van der Waals surface area contributed by atoms with Crippen molar-refractivity contribution in [2.45, 2.75) is 19.4 Å².